The normalized spacial score (nSPS) is 12.6. The van der Waals surface area contributed by atoms with Gasteiger partial charge < -0.3 is 44.2 Å². The van der Waals surface area contributed by atoms with Gasteiger partial charge in [-0.2, -0.15) is 0 Å². The van der Waals surface area contributed by atoms with Crippen LogP contribution in [0.3, 0.4) is 0 Å². The Morgan fingerprint density at radius 3 is 1.10 bits per heavy atom. The summed E-state index contributed by atoms with van der Waals surface area (Å²) in [7, 11) is 0. The summed E-state index contributed by atoms with van der Waals surface area (Å²) in [5.74, 6) is -2.94. The highest BCUT2D eigenvalue weighted by atomic mass is 19.1. The molecule has 0 aliphatic heterocycles. The van der Waals surface area contributed by atoms with Crippen molar-refractivity contribution >= 4 is 46.5 Å². The molecule has 0 spiro atoms. The smallest absolute Gasteiger partial charge is 0.252 e. The highest BCUT2D eigenvalue weighted by Gasteiger charge is 2.27. The van der Waals surface area contributed by atoms with Gasteiger partial charge >= 0.3 is 0 Å². The lowest BCUT2D eigenvalue weighted by Gasteiger charge is -2.27. The molecule has 14 nitrogen and oxygen atoms in total. The molecule has 0 fully saturated rings. The number of carbonyl (C=O) groups is 2. The number of nitrogens with two attached hydrogens (primary N) is 4. The van der Waals surface area contributed by atoms with E-state index in [1.165, 1.54) is 0 Å². The maximum atomic E-state index is 15.1. The number of amides is 2. The molecule has 16 heteroatoms. The molecule has 0 saturated carbocycles. The van der Waals surface area contributed by atoms with E-state index in [2.05, 4.69) is 41.2 Å². The molecule has 8 rings (SSSR count). The van der Waals surface area contributed by atoms with Crippen LogP contribution >= 0.6 is 0 Å². The van der Waals surface area contributed by atoms with Crippen LogP contribution in [-0.4, -0.2) is 31.8 Å². The summed E-state index contributed by atoms with van der Waals surface area (Å²) in [6.45, 7) is 3.77. The van der Waals surface area contributed by atoms with Crippen LogP contribution in [-0.2, 0) is 0 Å². The van der Waals surface area contributed by atoms with E-state index in [1.807, 2.05) is 147 Å². The van der Waals surface area contributed by atoms with Gasteiger partial charge in [0, 0.05) is 12.4 Å². The number of nitrogens with zero attached hydrogens (tertiary/aromatic N) is 4. The van der Waals surface area contributed by atoms with Gasteiger partial charge in [-0.3, -0.25) is 19.6 Å². The Balaban J connectivity index is 0.000000201. The topological polar surface area (TPSA) is 238 Å². The van der Waals surface area contributed by atoms with Crippen molar-refractivity contribution in [2.45, 2.75) is 38.0 Å². The van der Waals surface area contributed by atoms with E-state index in [9.17, 15) is 9.59 Å². The van der Waals surface area contributed by atoms with Crippen LogP contribution in [0.4, 0.5) is 43.4 Å². The third-order valence-electron chi connectivity index (χ3n) is 10.7. The number of hydrogen-bond donors (Lipinski definition) is 8. The van der Waals surface area contributed by atoms with Crippen molar-refractivity contribution in [3.8, 4) is 0 Å². The SMILES string of the molecule is Cc1cncc(Nc2nc(N[C@@H](c3ccccc3)[C@H](N)c3ccccc3)c(F)cc2C(N)=O)c1.Cc1cncc(Nc2nc(N[C@H](c3ccccc3)[C@@H](N)c3ccccc3)c(F)cc2C(N)=O)c1. The van der Waals surface area contributed by atoms with Crippen molar-refractivity contribution in [2.75, 3.05) is 21.3 Å². The van der Waals surface area contributed by atoms with Crippen LogP contribution in [0.2, 0.25) is 0 Å². The summed E-state index contributed by atoms with van der Waals surface area (Å²) in [5, 5.41) is 12.3. The predicted octanol–water partition coefficient (Wildman–Crippen LogP) is 9.24. The van der Waals surface area contributed by atoms with E-state index in [0.29, 0.717) is 11.4 Å². The van der Waals surface area contributed by atoms with Crippen molar-refractivity contribution in [3.05, 3.63) is 227 Å². The molecule has 0 unspecified atom stereocenters. The molecule has 68 heavy (non-hydrogen) atoms. The third kappa shape index (κ3) is 12.0. The van der Waals surface area contributed by atoms with Crippen LogP contribution in [0, 0.1) is 25.5 Å². The molecular formula is C52H50F2N12O2. The van der Waals surface area contributed by atoms with Gasteiger partial charge in [-0.15, -0.1) is 0 Å². The fraction of sp³-hybridized carbons (Fsp3) is 0.115. The summed E-state index contributed by atoms with van der Waals surface area (Å²) in [6, 6.07) is 41.8. The zero-order valence-electron chi connectivity index (χ0n) is 37.1. The van der Waals surface area contributed by atoms with Crippen molar-refractivity contribution in [1.29, 1.82) is 0 Å². The van der Waals surface area contributed by atoms with Crippen molar-refractivity contribution < 1.29 is 18.4 Å². The van der Waals surface area contributed by atoms with Crippen molar-refractivity contribution in [1.82, 2.24) is 19.9 Å². The van der Waals surface area contributed by atoms with Gasteiger partial charge in [0.1, 0.15) is 11.6 Å². The Hall–Kier alpha value is -8.60. The third-order valence-corrected chi connectivity index (χ3v) is 10.7. The second-order valence-corrected chi connectivity index (χ2v) is 15.8. The average Bonchev–Trinajstić information content (AvgIpc) is 3.34. The number of primary amides is 2. The van der Waals surface area contributed by atoms with Gasteiger partial charge in [0.25, 0.3) is 11.8 Å². The lowest BCUT2D eigenvalue weighted by atomic mass is 9.94. The van der Waals surface area contributed by atoms with Crippen molar-refractivity contribution in [2.24, 2.45) is 22.9 Å². The highest BCUT2D eigenvalue weighted by Crippen LogP contribution is 2.34. The summed E-state index contributed by atoms with van der Waals surface area (Å²) < 4.78 is 30.2. The lowest BCUT2D eigenvalue weighted by Crippen LogP contribution is -2.27. The molecule has 0 aliphatic rings. The molecule has 344 valence electrons. The first-order chi connectivity index (χ1) is 32.8. The van der Waals surface area contributed by atoms with E-state index < -0.39 is 47.6 Å². The molecular weight excluding hydrogens is 863 g/mol. The first-order valence-corrected chi connectivity index (χ1v) is 21.5. The first kappa shape index (κ1) is 47.4. The predicted molar refractivity (Wildman–Crippen MR) is 262 cm³/mol. The standard InChI is InChI=1S/2C26H25FN6O/c2*1-16-12-19(15-30-14-16)31-25-20(24(29)34)13-21(27)26(33-25)32-23(18-10-6-3-7-11-18)22(28)17-8-4-2-5-9-17/h2*2-15,22-23H,28H2,1H3,(H2,29,34)(H2,31,32,33)/t2*22-,23+/m10/s1. The van der Waals surface area contributed by atoms with E-state index in [1.54, 1.807) is 24.8 Å². The summed E-state index contributed by atoms with van der Waals surface area (Å²) in [4.78, 5) is 41.0. The van der Waals surface area contributed by atoms with Crippen molar-refractivity contribution in [3.63, 3.8) is 0 Å². The second-order valence-electron chi connectivity index (χ2n) is 15.8. The van der Waals surface area contributed by atoms with E-state index in [0.717, 1.165) is 45.5 Å². The number of nitrogens with one attached hydrogen (secondary N) is 4. The van der Waals surface area contributed by atoms with Crippen LogP contribution < -0.4 is 44.2 Å². The Labute approximate surface area is 392 Å². The van der Waals surface area contributed by atoms with E-state index in [4.69, 9.17) is 22.9 Å². The largest absolute Gasteiger partial charge is 0.365 e. The number of anilines is 6. The van der Waals surface area contributed by atoms with Gasteiger partial charge in [-0.25, -0.2) is 18.7 Å². The lowest BCUT2D eigenvalue weighted by molar-refractivity contribution is 0.0992. The number of benzene rings is 4. The summed E-state index contributed by atoms with van der Waals surface area (Å²) in [5.41, 5.74) is 30.5. The fourth-order valence-electron chi connectivity index (χ4n) is 7.38. The molecule has 4 atom stereocenters. The maximum Gasteiger partial charge on any atom is 0.252 e. The summed E-state index contributed by atoms with van der Waals surface area (Å²) in [6.07, 6.45) is 6.55. The zero-order chi connectivity index (χ0) is 48.2. The average molecular weight is 913 g/mol. The summed E-state index contributed by atoms with van der Waals surface area (Å²) >= 11 is 0. The van der Waals surface area contributed by atoms with E-state index >= 15 is 8.78 Å². The number of hydrogen-bond acceptors (Lipinski definition) is 12. The Morgan fingerprint density at radius 2 is 0.794 bits per heavy atom. The Bertz CT molecular complexity index is 2770. The molecule has 8 aromatic rings. The Kier molecular flexibility index (Phi) is 15.4. The minimum absolute atomic E-state index is 0.0617. The Morgan fingerprint density at radius 1 is 0.471 bits per heavy atom. The van der Waals surface area contributed by atoms with Gasteiger partial charge in [0.2, 0.25) is 0 Å². The molecule has 12 N–H and O–H groups in total. The number of carbonyl (C=O) groups excluding carboxylic acids is 2. The molecule has 4 aromatic heterocycles. The molecule has 0 bridgehead atoms. The van der Waals surface area contributed by atoms with Crippen LogP contribution in [0.5, 0.6) is 0 Å². The highest BCUT2D eigenvalue weighted by molar-refractivity contribution is 5.99. The maximum absolute atomic E-state index is 15.1. The number of rotatable bonds is 16. The van der Waals surface area contributed by atoms with E-state index in [-0.39, 0.29) is 34.4 Å². The van der Waals surface area contributed by atoms with Gasteiger partial charge in [0.15, 0.2) is 23.3 Å². The van der Waals surface area contributed by atoms with Crippen LogP contribution in [0.25, 0.3) is 0 Å². The quantitative estimate of drug-likeness (QED) is 0.0453. The molecule has 0 radical (unpaired) electrons. The molecule has 2 amide bonds. The first-order valence-electron chi connectivity index (χ1n) is 21.5. The van der Waals surface area contributed by atoms with Crippen LogP contribution in [0.1, 0.15) is 78.3 Å². The zero-order valence-corrected chi connectivity index (χ0v) is 37.1. The fourth-order valence-corrected chi connectivity index (χ4v) is 7.38. The minimum atomic E-state index is -0.804. The molecule has 4 aromatic carbocycles. The number of aromatic nitrogens is 4. The van der Waals surface area contributed by atoms with Gasteiger partial charge in [-0.1, -0.05) is 121 Å². The number of halogens is 2. The molecule has 0 saturated heterocycles. The second kappa shape index (κ2) is 22.1. The number of aryl methyl sites for hydroxylation is 2. The monoisotopic (exact) mass is 912 g/mol. The van der Waals surface area contributed by atoms with Gasteiger partial charge in [-0.05, 0) is 71.5 Å². The molecule has 0 aliphatic carbocycles. The van der Waals surface area contributed by atoms with Crippen LogP contribution in [0.15, 0.2) is 170 Å². The number of pyridine rings is 4. The van der Waals surface area contributed by atoms with Gasteiger partial charge in [0.05, 0.1) is 59.1 Å². The molecule has 4 heterocycles. The minimum Gasteiger partial charge on any atom is -0.365 e.